The summed E-state index contributed by atoms with van der Waals surface area (Å²) >= 11 is 0. The minimum Gasteiger partial charge on any atom is -0.676 e. The maximum atomic E-state index is 12.4. The molecule has 89 heavy (non-hydrogen) atoms. The van der Waals surface area contributed by atoms with Crippen LogP contribution in [0.25, 0.3) is 55.8 Å². The fraction of sp³-hybridized carbons (Fsp3) is 0.548. The molecule has 501 valence electrons. The first-order valence-electron chi connectivity index (χ1n) is 28.6. The Kier molecular flexibility index (Phi) is 47.5. The number of aliphatic carboxylic acids is 3. The Bertz CT molecular complexity index is 2860. The number of nitrogens with one attached hydrogen (secondary N) is 3. The molecule has 1 amide bonds. The van der Waals surface area contributed by atoms with Gasteiger partial charge in [0.2, 0.25) is 5.91 Å². The molecule has 25 nitrogen and oxygen atoms in total. The summed E-state index contributed by atoms with van der Waals surface area (Å²) in [5.41, 5.74) is 26.2. The van der Waals surface area contributed by atoms with Crippen LogP contribution in [0.1, 0.15) is 126 Å². The van der Waals surface area contributed by atoms with Gasteiger partial charge in [-0.2, -0.15) is 12.1 Å². The van der Waals surface area contributed by atoms with Gasteiger partial charge in [-0.1, -0.05) is 62.8 Å². The van der Waals surface area contributed by atoms with Crippen molar-refractivity contribution in [3.8, 4) is 11.5 Å². The summed E-state index contributed by atoms with van der Waals surface area (Å²) in [5.74, 6) is -4.11. The van der Waals surface area contributed by atoms with Crippen molar-refractivity contribution in [2.45, 2.75) is 117 Å². The number of methoxy groups -OCH3 is 2. The maximum absolute atomic E-state index is 12.4. The molecule has 1 aliphatic carbocycles. The SMILES string of the molecule is CCc1c(CC)c2cc3nc(cnc4cc(OCCOCCOCCOC)c(OCCOCCOCCOC)cc4ncc4nc(cc1[n-]2)C(CCCO)=C4C)C(C)=C3CCCNC(=O)CCC(=O)O.O.O=C(O)C(=O)O.[CH3-].[CH3-].[Gd+3].[NH-]C1CCCCC1[NH-].[Pt+2]. The van der Waals surface area contributed by atoms with Gasteiger partial charge in [-0.3, -0.25) is 19.6 Å². The topological polar surface area (TPSA) is 380 Å². The van der Waals surface area contributed by atoms with Crippen molar-refractivity contribution in [1.82, 2.24) is 30.2 Å². The number of carbonyl (C=O) groups excluding carboxylic acids is 1. The zero-order valence-electron chi connectivity index (χ0n) is 52.6. The molecule has 1 fully saturated rings. The number of hydrogen-bond acceptors (Lipinski definition) is 17. The van der Waals surface area contributed by atoms with Crippen LogP contribution < -0.4 is 19.8 Å². The molecular formula is C62H93GdN8O17Pt. The molecule has 2 aliphatic heterocycles. The van der Waals surface area contributed by atoms with Gasteiger partial charge in [0, 0.05) is 45.9 Å². The fourth-order valence-corrected chi connectivity index (χ4v) is 9.01. The minimum absolute atomic E-state index is 0. The molecule has 9 N–H and O–H groups in total. The Morgan fingerprint density at radius 1 is 0.607 bits per heavy atom. The molecule has 1 radical (unpaired) electrons. The average Bonchev–Trinajstić information content (AvgIpc) is 1.88. The van der Waals surface area contributed by atoms with E-state index in [0.29, 0.717) is 132 Å². The van der Waals surface area contributed by atoms with Gasteiger partial charge in [0.05, 0.1) is 119 Å². The van der Waals surface area contributed by atoms with E-state index in [4.69, 9.17) is 99.2 Å². The zero-order valence-corrected chi connectivity index (χ0v) is 57.1. The third-order valence-electron chi connectivity index (χ3n) is 13.5. The number of aliphatic hydroxyl groups excluding tert-OH is 1. The second-order valence-corrected chi connectivity index (χ2v) is 19.5. The van der Waals surface area contributed by atoms with Gasteiger partial charge in [0.1, 0.15) is 13.2 Å². The van der Waals surface area contributed by atoms with Crippen molar-refractivity contribution in [2.24, 2.45) is 0 Å². The van der Waals surface area contributed by atoms with Crippen molar-refractivity contribution in [3.63, 3.8) is 0 Å². The first-order valence-corrected chi connectivity index (χ1v) is 28.6. The Morgan fingerprint density at radius 2 is 1.00 bits per heavy atom. The van der Waals surface area contributed by atoms with Crippen molar-refractivity contribution in [1.29, 1.82) is 0 Å². The molecule has 0 saturated heterocycles. The Morgan fingerprint density at radius 3 is 1.36 bits per heavy atom. The van der Waals surface area contributed by atoms with Gasteiger partial charge in [-0.05, 0) is 74.7 Å². The summed E-state index contributed by atoms with van der Waals surface area (Å²) in [4.78, 5) is 67.2. The molecule has 2 atom stereocenters. The number of amides is 1. The predicted octanol–water partition coefficient (Wildman–Crippen LogP) is 8.24. The summed E-state index contributed by atoms with van der Waals surface area (Å²) < 4.78 is 45.3. The van der Waals surface area contributed by atoms with E-state index in [1.165, 1.54) is 12.8 Å². The molecule has 27 heteroatoms. The third-order valence-corrected chi connectivity index (χ3v) is 13.5. The molecule has 1 aromatic carbocycles. The molecule has 2 aromatic heterocycles. The minimum atomic E-state index is -1.82. The normalized spacial score (nSPS) is 13.9. The number of hydrogen-bond donors (Lipinski definition) is 5. The Hall–Kier alpha value is -4.77. The molecule has 4 heterocycles. The van der Waals surface area contributed by atoms with Crippen LogP contribution in [0.15, 0.2) is 36.7 Å². The van der Waals surface area contributed by atoms with Crippen LogP contribution in [0, 0.1) is 54.8 Å². The first-order chi connectivity index (χ1) is 40.6. The second-order valence-electron chi connectivity index (χ2n) is 19.5. The number of ether oxygens (including phenoxy) is 8. The number of aromatic nitrogens is 5. The molecule has 0 spiro atoms. The summed E-state index contributed by atoms with van der Waals surface area (Å²) in [6, 6.07) is 7.51. The number of allylic oxidation sites excluding steroid dienone is 4. The molecule has 3 aliphatic rings. The van der Waals surface area contributed by atoms with E-state index < -0.39 is 17.9 Å². The van der Waals surface area contributed by atoms with Crippen molar-refractivity contribution >= 4 is 68.2 Å². The molecular weight excluding hydrogens is 1480 g/mol. The number of aliphatic hydroxyl groups is 1. The van der Waals surface area contributed by atoms with E-state index in [-0.39, 0.29) is 132 Å². The number of rotatable bonds is 32. The number of fused-ring (bicyclic) bond motifs is 7. The monoisotopic (exact) mass is 1570 g/mol. The summed E-state index contributed by atoms with van der Waals surface area (Å²) in [7, 11) is 3.25. The van der Waals surface area contributed by atoms with Crippen molar-refractivity contribution in [2.75, 3.05) is 107 Å². The van der Waals surface area contributed by atoms with Gasteiger partial charge in [-0.25, -0.2) is 19.6 Å². The van der Waals surface area contributed by atoms with E-state index in [0.717, 1.165) is 81.5 Å². The average molecular weight is 1570 g/mol. The van der Waals surface area contributed by atoms with E-state index in [2.05, 4.69) is 19.2 Å². The molecule has 3 aromatic rings. The van der Waals surface area contributed by atoms with E-state index in [1.807, 2.05) is 26.0 Å². The summed E-state index contributed by atoms with van der Waals surface area (Å²) in [5, 5.41) is 36.6. The van der Waals surface area contributed by atoms with Crippen molar-refractivity contribution < 1.29 is 144 Å². The number of carbonyl (C=O) groups is 4. The van der Waals surface area contributed by atoms with E-state index >= 15 is 0 Å². The Balaban J connectivity index is 0. The standard InChI is InChI=1S/C52H72N6O12.C6H12N2.C2H2O4.2CH3.Gd.H2O.Pt/c1-7-37-38(8-2)42-30-44-40(12-10-16-59)36(4)48(58-44)34-55-46-32-50(70-28-26-68-24-22-66-20-18-64-6)49(69-27-25-67-23-21-65-19-17-63-5)31-45(46)54-33-47-35(3)39(43(57-47)29-41(37)56-42)11-9-15-53-51(60)13-14-52(61)62;7-5-3-1-2-4-6(5)8;3-1(4)2(5)6;;;;;/h29-34,59H,7-28H2,1-6H3,(H3,53,54,55,56,57,58,60,61,62);5-8H,1-4H2;(H,3,4)(H,5,6);2*1H3;;1H2;/q;-2;;2*-1;+3;;+2/p-1. The van der Waals surface area contributed by atoms with Crippen LogP contribution in [-0.2, 0) is 81.5 Å². The second kappa shape index (κ2) is 48.9. The van der Waals surface area contributed by atoms with Gasteiger partial charge in [0.25, 0.3) is 0 Å². The maximum Gasteiger partial charge on any atom is 3.00 e. The largest absolute Gasteiger partial charge is 3.00 e. The van der Waals surface area contributed by atoms with Gasteiger partial charge >= 0.3 is 78.9 Å². The number of benzene rings is 1. The van der Waals surface area contributed by atoms with Crippen LogP contribution in [0.3, 0.4) is 0 Å². The van der Waals surface area contributed by atoms with Gasteiger partial charge in [-0.15, -0.1) is 11.0 Å². The van der Waals surface area contributed by atoms with Crippen molar-refractivity contribution in [3.05, 3.63) is 96.9 Å². The number of carboxylic acid groups (broad SMARTS) is 3. The number of nitrogens with zero attached hydrogens (tertiary/aromatic N) is 5. The predicted molar refractivity (Wildman–Crippen MR) is 334 cm³/mol. The molecule has 6 bridgehead atoms. The van der Waals surface area contributed by atoms with Crippen LogP contribution in [0.4, 0.5) is 0 Å². The van der Waals surface area contributed by atoms with Gasteiger partial charge in [0.15, 0.2) is 11.5 Å². The zero-order chi connectivity index (χ0) is 61.2. The number of carboxylic acids is 3. The van der Waals surface area contributed by atoms with Gasteiger partial charge < -0.3 is 100 Å². The molecule has 2 unspecified atom stereocenters. The number of aryl methyl sites for hydroxylation is 2. The first kappa shape index (κ1) is 86.3. The summed E-state index contributed by atoms with van der Waals surface area (Å²) in [6.07, 6.45) is 11.3. The molecule has 6 rings (SSSR count). The Labute approximate surface area is 570 Å². The van der Waals surface area contributed by atoms with Crippen LogP contribution >= 0.6 is 0 Å². The van der Waals surface area contributed by atoms with E-state index in [9.17, 15) is 14.7 Å². The fourth-order valence-electron chi connectivity index (χ4n) is 9.01. The third kappa shape index (κ3) is 30.5. The van der Waals surface area contributed by atoms with E-state index in [1.54, 1.807) is 38.7 Å². The summed E-state index contributed by atoms with van der Waals surface area (Å²) in [6.45, 7) is 13.3. The van der Waals surface area contributed by atoms with Crippen LogP contribution in [0.5, 0.6) is 11.5 Å². The van der Waals surface area contributed by atoms with Crippen LogP contribution in [-0.4, -0.2) is 188 Å². The quantitative estimate of drug-likeness (QED) is 0.0223. The molecule has 1 saturated carbocycles. The smallest absolute Gasteiger partial charge is 0.676 e. The van der Waals surface area contributed by atoms with Crippen LogP contribution in [0.2, 0.25) is 0 Å².